The van der Waals surface area contributed by atoms with Gasteiger partial charge in [-0.1, -0.05) is 86.1 Å². The maximum Gasteiger partial charge on any atom is 0.0567 e. The number of thiophene rings is 1. The average molecular weight is 471 g/mol. The molecular formula is C28H38S3. The van der Waals surface area contributed by atoms with E-state index in [2.05, 4.69) is 50.2 Å². The van der Waals surface area contributed by atoms with Crippen LogP contribution >= 0.6 is 33.7 Å². The van der Waals surface area contributed by atoms with Crippen molar-refractivity contribution in [1.82, 2.24) is 0 Å². The van der Waals surface area contributed by atoms with Gasteiger partial charge in [-0.2, -0.15) is 0 Å². The van der Waals surface area contributed by atoms with Crippen molar-refractivity contribution in [2.75, 3.05) is 0 Å². The van der Waals surface area contributed by atoms with Gasteiger partial charge in [0, 0.05) is 20.2 Å². The third-order valence-corrected chi connectivity index (χ3v) is 9.42. The zero-order valence-electron chi connectivity index (χ0n) is 19.9. The van der Waals surface area contributed by atoms with Gasteiger partial charge in [0.1, 0.15) is 0 Å². The Balaban J connectivity index is 2.03. The largest absolute Gasteiger partial charge is 0.133 e. The molecule has 3 heteroatoms. The van der Waals surface area contributed by atoms with Crippen LogP contribution in [-0.2, 0) is 0 Å². The highest BCUT2D eigenvalue weighted by Gasteiger charge is 2.18. The van der Waals surface area contributed by atoms with Gasteiger partial charge in [0.25, 0.3) is 0 Å². The molecule has 2 aliphatic rings. The summed E-state index contributed by atoms with van der Waals surface area (Å²) in [5.41, 5.74) is 6.14. The number of hydrogen-bond donors (Lipinski definition) is 0. The molecule has 0 saturated heterocycles. The Morgan fingerprint density at radius 1 is 0.581 bits per heavy atom. The Labute approximate surface area is 201 Å². The van der Waals surface area contributed by atoms with Crippen LogP contribution in [0, 0.1) is 10.4 Å². The molecule has 0 atom stereocenters. The number of rotatable bonds is 12. The van der Waals surface area contributed by atoms with Crippen molar-refractivity contribution in [2.24, 2.45) is 0 Å². The van der Waals surface area contributed by atoms with Gasteiger partial charge in [0.15, 0.2) is 0 Å². The second-order valence-electron chi connectivity index (χ2n) is 8.56. The molecule has 31 heavy (non-hydrogen) atoms. The van der Waals surface area contributed by atoms with E-state index in [-0.39, 0.29) is 0 Å². The number of allylic oxidation sites excluding steroid dienone is 2. The summed E-state index contributed by atoms with van der Waals surface area (Å²) < 4.78 is 2.88. The van der Waals surface area contributed by atoms with E-state index in [1.54, 1.807) is 11.1 Å². The highest BCUT2D eigenvalue weighted by molar-refractivity contribution is 7.99. The molecular weight excluding hydrogens is 433 g/mol. The van der Waals surface area contributed by atoms with Crippen LogP contribution in [0.3, 0.4) is 0 Å². The van der Waals surface area contributed by atoms with Crippen molar-refractivity contribution < 1.29 is 0 Å². The molecule has 0 nitrogen and oxygen atoms in total. The third-order valence-electron chi connectivity index (χ3n) is 6.00. The lowest BCUT2D eigenvalue weighted by atomic mass is 9.99. The molecule has 1 aromatic rings. The summed E-state index contributed by atoms with van der Waals surface area (Å²) in [7, 11) is 0. The molecule has 0 N–H and O–H groups in total. The fraction of sp³-hybridized carbons (Fsp3) is 0.571. The van der Waals surface area contributed by atoms with Gasteiger partial charge in [-0.3, -0.25) is 0 Å². The van der Waals surface area contributed by atoms with Crippen LogP contribution in [0.5, 0.6) is 0 Å². The minimum absolute atomic E-state index is 1.19. The molecule has 0 aliphatic carbocycles. The van der Waals surface area contributed by atoms with E-state index in [0.717, 1.165) is 0 Å². The molecule has 1 aromatic heterocycles. The van der Waals surface area contributed by atoms with Crippen LogP contribution in [0.15, 0.2) is 34.4 Å². The molecule has 0 aromatic carbocycles. The molecule has 168 valence electrons. The Hall–Kier alpha value is -1.08. The Morgan fingerprint density at radius 3 is 1.35 bits per heavy atom. The smallest absolute Gasteiger partial charge is 0.0567 e. The van der Waals surface area contributed by atoms with E-state index in [0.29, 0.717) is 0 Å². The summed E-state index contributed by atoms with van der Waals surface area (Å²) in [5, 5.41) is 7.35. The average Bonchev–Trinajstić information content (AvgIpc) is 3.51. The normalized spacial score (nSPS) is 19.0. The third kappa shape index (κ3) is 6.25. The maximum atomic E-state index is 3.68. The topological polar surface area (TPSA) is 0 Å². The Bertz CT molecular complexity index is 1000. The quantitative estimate of drug-likeness (QED) is 0.286. The van der Waals surface area contributed by atoms with Gasteiger partial charge < -0.3 is 0 Å². The molecule has 3 heterocycles. The van der Waals surface area contributed by atoms with Crippen LogP contribution < -0.4 is 9.06 Å². The van der Waals surface area contributed by atoms with Gasteiger partial charge in [-0.25, -0.2) is 0 Å². The van der Waals surface area contributed by atoms with Crippen molar-refractivity contribution in [2.45, 2.75) is 105 Å². The van der Waals surface area contributed by atoms with Crippen LogP contribution in [0.4, 0.5) is 0 Å². The lowest BCUT2D eigenvalue weighted by Crippen LogP contribution is -2.02. The van der Waals surface area contributed by atoms with E-state index >= 15 is 0 Å². The predicted octanol–water partition coefficient (Wildman–Crippen LogP) is 8.73. The van der Waals surface area contributed by atoms with Gasteiger partial charge in [-0.05, 0) is 74.6 Å². The second kappa shape index (κ2) is 12.8. The first-order valence-corrected chi connectivity index (χ1v) is 14.8. The number of hydrogen-bond acceptors (Lipinski definition) is 1. The molecule has 0 unspecified atom stereocenters. The molecule has 0 amide bonds. The molecule has 0 fully saturated rings. The monoisotopic (exact) mass is 470 g/mol. The zero-order chi connectivity index (χ0) is 22.1. The van der Waals surface area contributed by atoms with Crippen molar-refractivity contribution in [3.05, 3.63) is 43.5 Å². The lowest BCUT2D eigenvalue weighted by molar-refractivity contribution is 0.771. The second-order valence-corrected chi connectivity index (χ2v) is 11.3. The lowest BCUT2D eigenvalue weighted by Gasteiger charge is -2.07. The van der Waals surface area contributed by atoms with Crippen molar-refractivity contribution in [3.8, 4) is 10.4 Å². The Kier molecular flexibility index (Phi) is 10.2. The van der Waals surface area contributed by atoms with Gasteiger partial charge >= 0.3 is 0 Å². The first-order chi connectivity index (χ1) is 15.2. The summed E-state index contributed by atoms with van der Waals surface area (Å²) in [4.78, 5) is 2.97. The van der Waals surface area contributed by atoms with Gasteiger partial charge in [0.05, 0.1) is 9.81 Å². The summed E-state index contributed by atoms with van der Waals surface area (Å²) >= 11 is 5.70. The SMILES string of the molecule is CCCCC1=C(CCCC)C(=c2ccc(=C3S#CC(CCCC)=C3CCCC)s2)S#C1. The minimum Gasteiger partial charge on any atom is -0.133 e. The van der Waals surface area contributed by atoms with Crippen LogP contribution in [0.25, 0.3) is 9.81 Å². The first-order valence-electron chi connectivity index (χ1n) is 12.4. The summed E-state index contributed by atoms with van der Waals surface area (Å²) in [6, 6.07) is 4.74. The van der Waals surface area contributed by atoms with Crippen molar-refractivity contribution >= 4 is 43.5 Å². The van der Waals surface area contributed by atoms with E-state index in [1.165, 1.54) is 107 Å². The fourth-order valence-electron chi connectivity index (χ4n) is 4.07. The predicted molar refractivity (Wildman–Crippen MR) is 145 cm³/mol. The first kappa shape index (κ1) is 24.6. The van der Waals surface area contributed by atoms with Crippen LogP contribution in [-0.4, -0.2) is 0 Å². The molecule has 2 aliphatic heterocycles. The molecule has 0 saturated carbocycles. The molecule has 0 spiro atoms. The highest BCUT2D eigenvalue weighted by atomic mass is 32.1. The summed E-state index contributed by atoms with van der Waals surface area (Å²) in [6.07, 6.45) is 14.9. The maximum absolute atomic E-state index is 3.68. The summed E-state index contributed by atoms with van der Waals surface area (Å²) in [5.74, 6) is 0. The standard InChI is InChI=1S/C28H38S3/c1-5-9-13-21-19-29-27(23(21)15-11-7-3)25-17-18-26(31-25)28-24(16-12-8-4)22(20-30-28)14-10-6-2/h17-18H,5-16H2,1-4H3. The van der Waals surface area contributed by atoms with Crippen LogP contribution in [0.1, 0.15) is 105 Å². The Morgan fingerprint density at radius 2 is 0.968 bits per heavy atom. The molecule has 0 bridgehead atoms. The molecule has 3 rings (SSSR count). The summed E-state index contributed by atoms with van der Waals surface area (Å²) in [6.45, 7) is 9.17. The van der Waals surface area contributed by atoms with Crippen molar-refractivity contribution in [3.63, 3.8) is 0 Å². The van der Waals surface area contributed by atoms with E-state index in [4.69, 9.17) is 0 Å². The fourth-order valence-corrected chi connectivity index (χ4v) is 7.45. The van der Waals surface area contributed by atoms with Crippen LogP contribution in [0.2, 0.25) is 0 Å². The highest BCUT2D eigenvalue weighted by Crippen LogP contribution is 2.35. The van der Waals surface area contributed by atoms with E-state index in [9.17, 15) is 0 Å². The minimum atomic E-state index is 1.19. The van der Waals surface area contributed by atoms with E-state index in [1.807, 2.05) is 33.7 Å². The van der Waals surface area contributed by atoms with Crippen molar-refractivity contribution in [1.29, 1.82) is 0 Å². The van der Waals surface area contributed by atoms with Gasteiger partial charge in [0.2, 0.25) is 0 Å². The van der Waals surface area contributed by atoms with E-state index < -0.39 is 0 Å². The zero-order valence-corrected chi connectivity index (χ0v) is 22.3. The number of unbranched alkanes of at least 4 members (excludes halogenated alkanes) is 4. The van der Waals surface area contributed by atoms with Gasteiger partial charge in [-0.15, -0.1) is 11.3 Å². The molecule has 0 radical (unpaired) electrons.